The molecule has 0 saturated heterocycles. The monoisotopic (exact) mass is 231 g/mol. The molecule has 0 bridgehead atoms. The average molecular weight is 231 g/mol. The lowest BCUT2D eigenvalue weighted by molar-refractivity contribution is 0.0995. The lowest BCUT2D eigenvalue weighted by Crippen LogP contribution is -2.46. The molecule has 0 saturated carbocycles. The van der Waals surface area contributed by atoms with E-state index in [1.165, 1.54) is 0 Å². The Bertz CT molecular complexity index is 148. The van der Waals surface area contributed by atoms with E-state index in [0.29, 0.717) is 5.92 Å². The van der Waals surface area contributed by atoms with Crippen molar-refractivity contribution in [2.45, 2.75) is 52.0 Å². The maximum absolute atomic E-state index is 9.35. The average Bonchev–Trinajstić information content (AvgIpc) is 2.29. The van der Waals surface area contributed by atoms with E-state index in [0.717, 1.165) is 38.9 Å². The van der Waals surface area contributed by atoms with Gasteiger partial charge in [0.15, 0.2) is 0 Å². The molecular formula is C13H29NO2. The van der Waals surface area contributed by atoms with Gasteiger partial charge in [0.05, 0.1) is 6.61 Å². The van der Waals surface area contributed by atoms with E-state index in [1.54, 1.807) is 0 Å². The van der Waals surface area contributed by atoms with E-state index in [1.807, 2.05) is 7.05 Å². The summed E-state index contributed by atoms with van der Waals surface area (Å²) in [6.07, 6.45) is 4.06. The molecule has 0 aromatic rings. The van der Waals surface area contributed by atoms with Gasteiger partial charge in [0.2, 0.25) is 0 Å². The molecule has 0 heterocycles. The fraction of sp³-hybridized carbons (Fsp3) is 1.00. The van der Waals surface area contributed by atoms with E-state index in [2.05, 4.69) is 26.1 Å². The molecule has 2 N–H and O–H groups in total. The van der Waals surface area contributed by atoms with E-state index in [-0.39, 0.29) is 12.1 Å². The SMILES string of the molecule is CCC(CO)(CCCOCCC(C)C)NC. The van der Waals surface area contributed by atoms with Gasteiger partial charge in [-0.05, 0) is 38.6 Å². The lowest BCUT2D eigenvalue weighted by Gasteiger charge is -2.30. The lowest BCUT2D eigenvalue weighted by atomic mass is 9.92. The molecule has 0 aliphatic heterocycles. The molecule has 0 fully saturated rings. The van der Waals surface area contributed by atoms with Crippen LogP contribution >= 0.6 is 0 Å². The van der Waals surface area contributed by atoms with Crippen molar-refractivity contribution in [3.8, 4) is 0 Å². The molecule has 0 aromatic heterocycles. The zero-order valence-corrected chi connectivity index (χ0v) is 11.4. The number of rotatable bonds is 10. The van der Waals surface area contributed by atoms with Crippen LogP contribution in [0.5, 0.6) is 0 Å². The number of hydrogen-bond donors (Lipinski definition) is 2. The van der Waals surface area contributed by atoms with Crippen molar-refractivity contribution in [2.75, 3.05) is 26.9 Å². The summed E-state index contributed by atoms with van der Waals surface area (Å²) in [5, 5.41) is 12.6. The van der Waals surface area contributed by atoms with Crippen molar-refractivity contribution in [3.05, 3.63) is 0 Å². The van der Waals surface area contributed by atoms with Crippen LogP contribution in [0.4, 0.5) is 0 Å². The molecule has 0 aliphatic carbocycles. The van der Waals surface area contributed by atoms with Crippen LogP contribution < -0.4 is 5.32 Å². The van der Waals surface area contributed by atoms with Crippen molar-refractivity contribution >= 4 is 0 Å². The van der Waals surface area contributed by atoms with Gasteiger partial charge in [-0.25, -0.2) is 0 Å². The number of aliphatic hydroxyl groups is 1. The minimum Gasteiger partial charge on any atom is -0.394 e. The standard InChI is InChI=1S/C13H29NO2/c1-5-13(11-15,14-4)8-6-9-16-10-7-12(2)3/h12,14-15H,5-11H2,1-4H3. The molecule has 0 aliphatic rings. The van der Waals surface area contributed by atoms with Gasteiger partial charge in [-0.1, -0.05) is 20.8 Å². The van der Waals surface area contributed by atoms with Crippen LogP contribution in [0, 0.1) is 5.92 Å². The van der Waals surface area contributed by atoms with Crippen molar-refractivity contribution in [2.24, 2.45) is 5.92 Å². The molecule has 0 radical (unpaired) electrons. The third-order valence-electron chi connectivity index (χ3n) is 3.29. The number of nitrogens with one attached hydrogen (secondary N) is 1. The molecule has 3 nitrogen and oxygen atoms in total. The molecule has 0 amide bonds. The van der Waals surface area contributed by atoms with Gasteiger partial charge in [-0.3, -0.25) is 0 Å². The maximum atomic E-state index is 9.35. The summed E-state index contributed by atoms with van der Waals surface area (Å²) in [6, 6.07) is 0. The Balaban J connectivity index is 3.55. The van der Waals surface area contributed by atoms with Crippen LogP contribution in [-0.2, 0) is 4.74 Å². The second kappa shape index (κ2) is 8.97. The zero-order valence-electron chi connectivity index (χ0n) is 11.4. The van der Waals surface area contributed by atoms with Gasteiger partial charge >= 0.3 is 0 Å². The highest BCUT2D eigenvalue weighted by Crippen LogP contribution is 2.16. The first-order valence-corrected chi connectivity index (χ1v) is 6.47. The number of aliphatic hydroxyl groups excluding tert-OH is 1. The van der Waals surface area contributed by atoms with Crippen molar-refractivity contribution in [1.29, 1.82) is 0 Å². The fourth-order valence-electron chi connectivity index (χ4n) is 1.68. The topological polar surface area (TPSA) is 41.5 Å². The summed E-state index contributed by atoms with van der Waals surface area (Å²) in [6.45, 7) is 8.38. The second-order valence-corrected chi connectivity index (χ2v) is 4.94. The zero-order chi connectivity index (χ0) is 12.4. The van der Waals surface area contributed by atoms with Crippen LogP contribution in [-0.4, -0.2) is 37.5 Å². The van der Waals surface area contributed by atoms with Gasteiger partial charge in [-0.2, -0.15) is 0 Å². The highest BCUT2D eigenvalue weighted by Gasteiger charge is 2.23. The van der Waals surface area contributed by atoms with Gasteiger partial charge in [-0.15, -0.1) is 0 Å². The quantitative estimate of drug-likeness (QED) is 0.566. The first kappa shape index (κ1) is 15.9. The Hall–Kier alpha value is -0.120. The minimum atomic E-state index is -0.110. The second-order valence-electron chi connectivity index (χ2n) is 4.94. The van der Waals surface area contributed by atoms with Gasteiger partial charge in [0.25, 0.3) is 0 Å². The maximum Gasteiger partial charge on any atom is 0.0613 e. The van der Waals surface area contributed by atoms with Crippen molar-refractivity contribution in [1.82, 2.24) is 5.32 Å². The van der Waals surface area contributed by atoms with Gasteiger partial charge in [0.1, 0.15) is 0 Å². The highest BCUT2D eigenvalue weighted by molar-refractivity contribution is 4.84. The molecular weight excluding hydrogens is 202 g/mol. The number of likely N-dealkylation sites (N-methyl/N-ethyl adjacent to an activating group) is 1. The van der Waals surface area contributed by atoms with Crippen LogP contribution in [0.25, 0.3) is 0 Å². The van der Waals surface area contributed by atoms with Crippen LogP contribution in [0.3, 0.4) is 0 Å². The van der Waals surface area contributed by atoms with Crippen LogP contribution in [0.15, 0.2) is 0 Å². The van der Waals surface area contributed by atoms with Crippen molar-refractivity contribution in [3.63, 3.8) is 0 Å². The third kappa shape index (κ3) is 6.46. The first-order valence-electron chi connectivity index (χ1n) is 6.47. The Morgan fingerprint density at radius 3 is 2.44 bits per heavy atom. The van der Waals surface area contributed by atoms with Crippen LogP contribution in [0.2, 0.25) is 0 Å². The molecule has 0 spiro atoms. The summed E-state index contributed by atoms with van der Waals surface area (Å²) < 4.78 is 5.56. The van der Waals surface area contributed by atoms with Gasteiger partial charge < -0.3 is 15.2 Å². The van der Waals surface area contributed by atoms with Crippen LogP contribution in [0.1, 0.15) is 46.5 Å². The molecule has 0 aromatic carbocycles. The summed E-state index contributed by atoms with van der Waals surface area (Å²) in [4.78, 5) is 0. The van der Waals surface area contributed by atoms with E-state index >= 15 is 0 Å². The van der Waals surface area contributed by atoms with E-state index in [9.17, 15) is 5.11 Å². The Kier molecular flexibility index (Phi) is 8.90. The summed E-state index contributed by atoms with van der Waals surface area (Å²) >= 11 is 0. The molecule has 16 heavy (non-hydrogen) atoms. The Morgan fingerprint density at radius 1 is 1.31 bits per heavy atom. The first-order chi connectivity index (χ1) is 7.60. The fourth-order valence-corrected chi connectivity index (χ4v) is 1.68. The number of hydrogen-bond acceptors (Lipinski definition) is 3. The third-order valence-corrected chi connectivity index (χ3v) is 3.29. The van der Waals surface area contributed by atoms with Crippen molar-refractivity contribution < 1.29 is 9.84 Å². The minimum absolute atomic E-state index is 0.110. The molecule has 1 atom stereocenters. The molecule has 0 rings (SSSR count). The molecule has 3 heteroatoms. The number of ether oxygens (including phenoxy) is 1. The Labute approximate surface area is 101 Å². The predicted molar refractivity (Wildman–Crippen MR) is 68.7 cm³/mol. The van der Waals surface area contributed by atoms with E-state index in [4.69, 9.17) is 4.74 Å². The van der Waals surface area contributed by atoms with E-state index < -0.39 is 0 Å². The predicted octanol–water partition coefficient (Wildman–Crippen LogP) is 2.19. The molecule has 1 unspecified atom stereocenters. The molecule has 98 valence electrons. The summed E-state index contributed by atoms with van der Waals surface area (Å²) in [5.41, 5.74) is -0.110. The Morgan fingerprint density at radius 2 is 2.00 bits per heavy atom. The summed E-state index contributed by atoms with van der Waals surface area (Å²) in [7, 11) is 1.92. The highest BCUT2D eigenvalue weighted by atomic mass is 16.5. The summed E-state index contributed by atoms with van der Waals surface area (Å²) in [5.74, 6) is 0.712. The normalized spacial score (nSPS) is 15.4. The largest absolute Gasteiger partial charge is 0.394 e. The smallest absolute Gasteiger partial charge is 0.0613 e. The van der Waals surface area contributed by atoms with Gasteiger partial charge in [0, 0.05) is 18.8 Å².